The maximum absolute atomic E-state index is 12.7. The Morgan fingerprint density at radius 1 is 1.04 bits per heavy atom. The van der Waals surface area contributed by atoms with Gasteiger partial charge in [0.1, 0.15) is 0 Å². The predicted octanol–water partition coefficient (Wildman–Crippen LogP) is 5.50. The quantitative estimate of drug-likeness (QED) is 0.458. The molecule has 0 fully saturated rings. The van der Waals surface area contributed by atoms with Crippen LogP contribution in [0.1, 0.15) is 22.9 Å². The van der Waals surface area contributed by atoms with Gasteiger partial charge in [-0.1, -0.05) is 54.1 Å². The van der Waals surface area contributed by atoms with Gasteiger partial charge in [0.05, 0.1) is 24.4 Å². The topological polar surface area (TPSA) is 55.1 Å². The number of hydrogen-bond acceptors (Lipinski definition) is 4. The van der Waals surface area contributed by atoms with Gasteiger partial charge in [-0.25, -0.2) is 4.98 Å². The molecule has 28 heavy (non-hydrogen) atoms. The van der Waals surface area contributed by atoms with Crippen molar-refractivity contribution in [3.8, 4) is 10.8 Å². The second-order valence-electron chi connectivity index (χ2n) is 6.26. The Morgan fingerprint density at radius 2 is 1.79 bits per heavy atom. The van der Waals surface area contributed by atoms with E-state index in [1.54, 1.807) is 6.26 Å². The molecule has 0 radical (unpaired) electrons. The fourth-order valence-corrected chi connectivity index (χ4v) is 3.85. The molecule has 1 N–H and O–H groups in total. The number of thiazole rings is 1. The van der Waals surface area contributed by atoms with Crippen LogP contribution in [0.5, 0.6) is 0 Å². The number of hydrogen-bond donors (Lipinski definition) is 1. The van der Waals surface area contributed by atoms with Crippen LogP contribution in [0.3, 0.4) is 0 Å². The summed E-state index contributed by atoms with van der Waals surface area (Å²) < 4.78 is 5.36. The summed E-state index contributed by atoms with van der Waals surface area (Å²) in [7, 11) is 0. The van der Waals surface area contributed by atoms with E-state index in [0.717, 1.165) is 21.8 Å². The van der Waals surface area contributed by atoms with Crippen molar-refractivity contribution in [2.24, 2.45) is 0 Å². The summed E-state index contributed by atoms with van der Waals surface area (Å²) in [6.45, 7) is 0. The van der Waals surface area contributed by atoms with Crippen LogP contribution in [0.25, 0.3) is 10.8 Å². The number of rotatable bonds is 6. The molecule has 4 aromatic rings. The first-order chi connectivity index (χ1) is 13.7. The van der Waals surface area contributed by atoms with Crippen molar-refractivity contribution in [1.29, 1.82) is 0 Å². The molecule has 0 aliphatic carbocycles. The van der Waals surface area contributed by atoms with Crippen molar-refractivity contribution in [2.75, 3.05) is 0 Å². The van der Waals surface area contributed by atoms with Crippen molar-refractivity contribution >= 4 is 28.8 Å². The van der Waals surface area contributed by atoms with Gasteiger partial charge in [-0.2, -0.15) is 0 Å². The lowest BCUT2D eigenvalue weighted by molar-refractivity contribution is -0.121. The number of carbonyl (C=O) groups is 1. The Hall–Kier alpha value is -2.89. The largest absolute Gasteiger partial charge is 0.462 e. The normalized spacial score (nSPS) is 11.9. The third kappa shape index (κ3) is 4.32. The minimum absolute atomic E-state index is 0.0971. The van der Waals surface area contributed by atoms with Crippen LogP contribution < -0.4 is 5.32 Å². The van der Waals surface area contributed by atoms with E-state index >= 15 is 0 Å². The minimum Gasteiger partial charge on any atom is -0.462 e. The zero-order valence-corrected chi connectivity index (χ0v) is 16.4. The molecule has 0 saturated heterocycles. The van der Waals surface area contributed by atoms with Crippen LogP contribution in [-0.4, -0.2) is 10.9 Å². The Labute approximate surface area is 171 Å². The Balaban J connectivity index is 1.52. The molecule has 2 aromatic carbocycles. The number of furan rings is 1. The highest BCUT2D eigenvalue weighted by Gasteiger charge is 2.18. The molecule has 6 heteroatoms. The minimum atomic E-state index is -0.255. The van der Waals surface area contributed by atoms with Gasteiger partial charge in [-0.3, -0.25) is 4.79 Å². The summed E-state index contributed by atoms with van der Waals surface area (Å²) in [5.74, 6) is 0.611. The molecule has 0 spiro atoms. The van der Waals surface area contributed by atoms with Gasteiger partial charge < -0.3 is 9.73 Å². The average molecular weight is 409 g/mol. The molecule has 140 valence electrons. The molecule has 2 aromatic heterocycles. The molecule has 1 unspecified atom stereocenters. The van der Waals surface area contributed by atoms with Crippen molar-refractivity contribution in [1.82, 2.24) is 10.3 Å². The summed E-state index contributed by atoms with van der Waals surface area (Å²) in [5, 5.41) is 6.44. The van der Waals surface area contributed by atoms with Gasteiger partial charge >= 0.3 is 0 Å². The molecule has 0 aliphatic heterocycles. The molecule has 0 bridgehead atoms. The molecule has 1 atom stereocenters. The smallest absolute Gasteiger partial charge is 0.226 e. The van der Waals surface area contributed by atoms with E-state index in [0.29, 0.717) is 10.8 Å². The highest BCUT2D eigenvalue weighted by atomic mass is 35.5. The lowest BCUT2D eigenvalue weighted by Crippen LogP contribution is -2.30. The highest BCUT2D eigenvalue weighted by Crippen LogP contribution is 2.26. The van der Waals surface area contributed by atoms with Crippen LogP contribution in [0.15, 0.2) is 82.8 Å². The van der Waals surface area contributed by atoms with Crippen molar-refractivity contribution in [2.45, 2.75) is 12.5 Å². The number of aromatic nitrogens is 1. The predicted molar refractivity (Wildman–Crippen MR) is 111 cm³/mol. The molecular weight excluding hydrogens is 392 g/mol. The molecular formula is C22H17ClN2O2S. The Kier molecular flexibility index (Phi) is 5.55. The van der Waals surface area contributed by atoms with Crippen LogP contribution >= 0.6 is 22.9 Å². The van der Waals surface area contributed by atoms with Gasteiger partial charge in [0.25, 0.3) is 0 Å². The number of benzene rings is 2. The van der Waals surface area contributed by atoms with Gasteiger partial charge in [0, 0.05) is 10.4 Å². The lowest BCUT2D eigenvalue weighted by Gasteiger charge is -2.20. The molecule has 0 saturated carbocycles. The van der Waals surface area contributed by atoms with Gasteiger partial charge in [0.15, 0.2) is 10.8 Å². The van der Waals surface area contributed by atoms with E-state index < -0.39 is 0 Å². The number of carbonyl (C=O) groups excluding carboxylic acids is 1. The van der Waals surface area contributed by atoms with Crippen molar-refractivity contribution in [3.63, 3.8) is 0 Å². The van der Waals surface area contributed by atoms with E-state index in [1.165, 1.54) is 11.3 Å². The molecule has 4 nitrogen and oxygen atoms in total. The fourth-order valence-electron chi connectivity index (χ4n) is 2.94. The number of amides is 1. The second kappa shape index (κ2) is 8.42. The summed E-state index contributed by atoms with van der Waals surface area (Å²) in [6.07, 6.45) is 1.81. The summed E-state index contributed by atoms with van der Waals surface area (Å²) in [4.78, 5) is 17.2. The maximum atomic E-state index is 12.7. The first-order valence-electron chi connectivity index (χ1n) is 8.77. The van der Waals surface area contributed by atoms with E-state index in [9.17, 15) is 4.79 Å². The molecule has 1 amide bonds. The Bertz CT molecular complexity index is 1040. The zero-order chi connectivity index (χ0) is 19.3. The summed E-state index contributed by atoms with van der Waals surface area (Å²) in [6, 6.07) is 20.8. The van der Waals surface area contributed by atoms with E-state index in [1.807, 2.05) is 72.1 Å². The van der Waals surface area contributed by atoms with Crippen LogP contribution in [-0.2, 0) is 11.2 Å². The third-order valence-electron chi connectivity index (χ3n) is 4.27. The fraction of sp³-hybridized carbons (Fsp3) is 0.0909. The third-order valence-corrected chi connectivity index (χ3v) is 5.42. The van der Waals surface area contributed by atoms with Gasteiger partial charge in [-0.15, -0.1) is 11.3 Å². The molecule has 0 aliphatic rings. The summed E-state index contributed by atoms with van der Waals surface area (Å²) >= 11 is 7.48. The first kappa shape index (κ1) is 18.5. The van der Waals surface area contributed by atoms with Crippen molar-refractivity contribution in [3.05, 3.63) is 100 Å². The first-order valence-corrected chi connectivity index (χ1v) is 10.0. The standard InChI is InChI=1S/C22H17ClN2O2S/c23-17-10-8-16(9-11-17)21(15-5-2-1-3-6-15)25-20(26)13-18-14-28-22(24-18)19-7-4-12-27-19/h1-12,14,21H,13H2,(H,25,26). The van der Waals surface area contributed by atoms with Crippen LogP contribution in [0.2, 0.25) is 5.02 Å². The van der Waals surface area contributed by atoms with Gasteiger partial charge in [0.2, 0.25) is 5.91 Å². The molecule has 2 heterocycles. The van der Waals surface area contributed by atoms with Gasteiger partial charge in [-0.05, 0) is 35.4 Å². The number of halogens is 1. The zero-order valence-electron chi connectivity index (χ0n) is 14.8. The molecule has 4 rings (SSSR count). The maximum Gasteiger partial charge on any atom is 0.226 e. The van der Waals surface area contributed by atoms with E-state index in [-0.39, 0.29) is 18.4 Å². The summed E-state index contributed by atoms with van der Waals surface area (Å²) in [5.41, 5.74) is 2.70. The average Bonchev–Trinajstić information content (AvgIpc) is 3.39. The SMILES string of the molecule is O=C(Cc1csc(-c2ccco2)n1)NC(c1ccccc1)c1ccc(Cl)cc1. The van der Waals surface area contributed by atoms with E-state index in [2.05, 4.69) is 10.3 Å². The lowest BCUT2D eigenvalue weighted by atomic mass is 9.98. The van der Waals surface area contributed by atoms with Crippen LogP contribution in [0, 0.1) is 0 Å². The Morgan fingerprint density at radius 3 is 2.50 bits per heavy atom. The van der Waals surface area contributed by atoms with Crippen molar-refractivity contribution < 1.29 is 9.21 Å². The van der Waals surface area contributed by atoms with E-state index in [4.69, 9.17) is 16.0 Å². The number of nitrogens with zero attached hydrogens (tertiary/aromatic N) is 1. The van der Waals surface area contributed by atoms with Crippen LogP contribution in [0.4, 0.5) is 0 Å². The monoisotopic (exact) mass is 408 g/mol. The number of nitrogens with one attached hydrogen (secondary N) is 1. The highest BCUT2D eigenvalue weighted by molar-refractivity contribution is 7.13. The second-order valence-corrected chi connectivity index (χ2v) is 7.56.